The largest absolute Gasteiger partial charge is 0.469 e. The molecule has 1 fully saturated rings. The topological polar surface area (TPSA) is 83.7 Å². The van der Waals surface area contributed by atoms with Crippen LogP contribution in [0.2, 0.25) is 0 Å². The van der Waals surface area contributed by atoms with Crippen molar-refractivity contribution in [1.82, 2.24) is 5.43 Å². The van der Waals surface area contributed by atoms with E-state index in [1.54, 1.807) is 13.0 Å². The van der Waals surface area contributed by atoms with Crippen molar-refractivity contribution in [2.24, 2.45) is 11.0 Å². The average Bonchev–Trinajstić information content (AvgIpc) is 3.12. The smallest absolute Gasteiger partial charge is 0.274 e. The highest BCUT2D eigenvalue weighted by atomic mass is 16.3. The fourth-order valence-corrected chi connectivity index (χ4v) is 3.31. The van der Waals surface area contributed by atoms with Gasteiger partial charge in [-0.05, 0) is 50.5 Å². The van der Waals surface area contributed by atoms with Gasteiger partial charge in [0.2, 0.25) is 5.91 Å². The minimum absolute atomic E-state index is 0.0881. The fourth-order valence-electron chi connectivity index (χ4n) is 3.31. The van der Waals surface area contributed by atoms with Crippen molar-refractivity contribution in [3.63, 3.8) is 0 Å². The number of aryl methyl sites for hydroxylation is 1. The first kappa shape index (κ1) is 18.9. The van der Waals surface area contributed by atoms with Crippen LogP contribution in [-0.4, -0.2) is 17.5 Å². The van der Waals surface area contributed by atoms with Crippen LogP contribution in [0.25, 0.3) is 0 Å². The third-order valence-electron chi connectivity index (χ3n) is 4.95. The highest BCUT2D eigenvalue weighted by molar-refractivity contribution is 6.02. The molecule has 2 aromatic rings. The summed E-state index contributed by atoms with van der Waals surface area (Å²) in [6, 6.07) is 9.11. The lowest BCUT2D eigenvalue weighted by molar-refractivity contribution is -0.120. The average molecular weight is 367 g/mol. The molecule has 1 aliphatic carbocycles. The molecular weight excluding hydrogens is 342 g/mol. The van der Waals surface area contributed by atoms with Crippen molar-refractivity contribution in [2.75, 3.05) is 5.32 Å². The van der Waals surface area contributed by atoms with Gasteiger partial charge in [-0.25, -0.2) is 5.43 Å². The van der Waals surface area contributed by atoms with Gasteiger partial charge in [-0.15, -0.1) is 0 Å². The first-order chi connectivity index (χ1) is 13.0. The summed E-state index contributed by atoms with van der Waals surface area (Å²) in [7, 11) is 0. The number of benzene rings is 1. The Bertz CT molecular complexity index is 848. The van der Waals surface area contributed by atoms with E-state index in [4.69, 9.17) is 4.42 Å². The second-order valence-electron chi connectivity index (χ2n) is 6.93. The molecule has 0 radical (unpaired) electrons. The van der Waals surface area contributed by atoms with E-state index in [1.807, 2.05) is 31.2 Å². The fraction of sp³-hybridized carbons (Fsp3) is 0.381. The molecule has 6 heteroatoms. The van der Waals surface area contributed by atoms with Crippen molar-refractivity contribution >= 4 is 23.2 Å². The highest BCUT2D eigenvalue weighted by Crippen LogP contribution is 2.25. The van der Waals surface area contributed by atoms with Crippen LogP contribution >= 0.6 is 0 Å². The molecule has 0 unspecified atom stereocenters. The molecule has 1 aromatic heterocycles. The molecule has 0 bridgehead atoms. The Morgan fingerprint density at radius 3 is 2.63 bits per heavy atom. The van der Waals surface area contributed by atoms with Crippen LogP contribution in [0.4, 0.5) is 5.69 Å². The number of carbonyl (C=O) groups excluding carboxylic acids is 2. The number of nitrogens with zero attached hydrogens (tertiary/aromatic N) is 1. The molecule has 0 aliphatic heterocycles. The van der Waals surface area contributed by atoms with E-state index in [9.17, 15) is 9.59 Å². The van der Waals surface area contributed by atoms with Gasteiger partial charge in [0, 0.05) is 11.6 Å². The molecule has 0 saturated heterocycles. The Hall–Kier alpha value is -2.89. The number of hydrogen-bond acceptors (Lipinski definition) is 4. The summed E-state index contributed by atoms with van der Waals surface area (Å²) in [6.45, 7) is 3.54. The van der Waals surface area contributed by atoms with E-state index in [-0.39, 0.29) is 17.7 Å². The lowest BCUT2D eigenvalue weighted by atomic mass is 9.88. The summed E-state index contributed by atoms with van der Waals surface area (Å²) >= 11 is 0. The van der Waals surface area contributed by atoms with Gasteiger partial charge < -0.3 is 9.73 Å². The van der Waals surface area contributed by atoms with E-state index in [0.717, 1.165) is 36.9 Å². The molecule has 142 valence electrons. The van der Waals surface area contributed by atoms with Gasteiger partial charge in [-0.2, -0.15) is 5.10 Å². The van der Waals surface area contributed by atoms with Crippen LogP contribution in [0.15, 0.2) is 46.1 Å². The van der Waals surface area contributed by atoms with E-state index in [2.05, 4.69) is 15.8 Å². The third kappa shape index (κ3) is 4.84. The normalized spacial score (nSPS) is 15.4. The number of hydrazone groups is 1. The SMILES string of the molecule is C/C(=N/NC(=O)c1ccoc1C)c1cccc(NC(=O)C2CCCCC2)c1. The van der Waals surface area contributed by atoms with Crippen molar-refractivity contribution in [3.8, 4) is 0 Å². The standard InChI is InChI=1S/C21H25N3O3/c1-14(23-24-21(26)19-11-12-27-15(19)2)17-9-6-10-18(13-17)22-20(25)16-7-4-3-5-8-16/h6,9-13,16H,3-5,7-8H2,1-2H3,(H,22,25)(H,24,26)/b23-14-. The van der Waals surface area contributed by atoms with E-state index in [1.165, 1.54) is 12.7 Å². The van der Waals surface area contributed by atoms with Crippen LogP contribution in [-0.2, 0) is 4.79 Å². The summed E-state index contributed by atoms with van der Waals surface area (Å²) in [5.74, 6) is 0.426. The molecule has 27 heavy (non-hydrogen) atoms. The van der Waals surface area contributed by atoms with Gasteiger partial charge in [0.25, 0.3) is 5.91 Å². The van der Waals surface area contributed by atoms with Gasteiger partial charge in [-0.1, -0.05) is 31.4 Å². The molecule has 0 spiro atoms. The zero-order chi connectivity index (χ0) is 19.2. The predicted molar refractivity (Wildman–Crippen MR) is 105 cm³/mol. The predicted octanol–water partition coefficient (Wildman–Crippen LogP) is 4.26. The first-order valence-corrected chi connectivity index (χ1v) is 9.34. The molecule has 2 N–H and O–H groups in total. The Kier molecular flexibility index (Phi) is 6.06. The van der Waals surface area contributed by atoms with Gasteiger partial charge in [0.15, 0.2) is 0 Å². The minimum Gasteiger partial charge on any atom is -0.469 e. The maximum atomic E-state index is 12.4. The molecule has 1 aliphatic rings. The molecule has 0 atom stereocenters. The third-order valence-corrected chi connectivity index (χ3v) is 4.95. The maximum Gasteiger partial charge on any atom is 0.274 e. The Morgan fingerprint density at radius 1 is 1.15 bits per heavy atom. The Balaban J connectivity index is 1.64. The zero-order valence-electron chi connectivity index (χ0n) is 15.7. The van der Waals surface area contributed by atoms with Gasteiger partial charge in [0.05, 0.1) is 17.5 Å². The second-order valence-corrected chi connectivity index (χ2v) is 6.93. The highest BCUT2D eigenvalue weighted by Gasteiger charge is 2.21. The molecule has 1 heterocycles. The Morgan fingerprint density at radius 2 is 1.93 bits per heavy atom. The van der Waals surface area contributed by atoms with Crippen LogP contribution in [0.1, 0.15) is 60.7 Å². The number of hydrogen-bond donors (Lipinski definition) is 2. The molecule has 3 rings (SSSR count). The van der Waals surface area contributed by atoms with Crippen molar-refractivity contribution in [1.29, 1.82) is 0 Å². The van der Waals surface area contributed by atoms with Gasteiger partial charge >= 0.3 is 0 Å². The first-order valence-electron chi connectivity index (χ1n) is 9.34. The molecule has 6 nitrogen and oxygen atoms in total. The summed E-state index contributed by atoms with van der Waals surface area (Å²) in [5.41, 5.74) is 5.23. The number of rotatable bonds is 5. The lowest BCUT2D eigenvalue weighted by Gasteiger charge is -2.20. The number of amides is 2. The number of anilines is 1. The van der Waals surface area contributed by atoms with Crippen LogP contribution < -0.4 is 10.7 Å². The van der Waals surface area contributed by atoms with Gasteiger partial charge in [-0.3, -0.25) is 9.59 Å². The van der Waals surface area contributed by atoms with E-state index in [0.29, 0.717) is 17.0 Å². The molecule has 1 saturated carbocycles. The molecule has 2 amide bonds. The van der Waals surface area contributed by atoms with E-state index >= 15 is 0 Å². The summed E-state index contributed by atoms with van der Waals surface area (Å²) in [5, 5.41) is 7.17. The van der Waals surface area contributed by atoms with Crippen LogP contribution in [0, 0.1) is 12.8 Å². The lowest BCUT2D eigenvalue weighted by Crippen LogP contribution is -2.24. The van der Waals surface area contributed by atoms with Crippen molar-refractivity contribution < 1.29 is 14.0 Å². The Labute approximate surface area is 159 Å². The quantitative estimate of drug-likeness (QED) is 0.612. The monoisotopic (exact) mass is 367 g/mol. The minimum atomic E-state index is -0.317. The number of nitrogens with one attached hydrogen (secondary N) is 2. The zero-order valence-corrected chi connectivity index (χ0v) is 15.7. The molecule has 1 aromatic carbocycles. The van der Waals surface area contributed by atoms with Crippen LogP contribution in [0.5, 0.6) is 0 Å². The van der Waals surface area contributed by atoms with E-state index < -0.39 is 0 Å². The van der Waals surface area contributed by atoms with Crippen molar-refractivity contribution in [3.05, 3.63) is 53.5 Å². The summed E-state index contributed by atoms with van der Waals surface area (Å²) in [6.07, 6.45) is 6.87. The summed E-state index contributed by atoms with van der Waals surface area (Å²) < 4.78 is 5.13. The number of furan rings is 1. The number of carbonyl (C=O) groups is 2. The van der Waals surface area contributed by atoms with Crippen LogP contribution in [0.3, 0.4) is 0 Å². The molecular formula is C21H25N3O3. The van der Waals surface area contributed by atoms with Crippen molar-refractivity contribution in [2.45, 2.75) is 46.0 Å². The maximum absolute atomic E-state index is 12.4. The summed E-state index contributed by atoms with van der Waals surface area (Å²) in [4.78, 5) is 24.5. The second kappa shape index (κ2) is 8.66. The van der Waals surface area contributed by atoms with Gasteiger partial charge in [0.1, 0.15) is 5.76 Å².